The van der Waals surface area contributed by atoms with Gasteiger partial charge in [-0.2, -0.15) is 0 Å². The highest BCUT2D eigenvalue weighted by Gasteiger charge is 2.36. The van der Waals surface area contributed by atoms with Crippen molar-refractivity contribution in [3.05, 3.63) is 90.0 Å². The molecule has 1 N–H and O–H groups in total. The van der Waals surface area contributed by atoms with Crippen molar-refractivity contribution in [2.75, 3.05) is 25.2 Å². The number of nitrogens with zero attached hydrogens (tertiary/aromatic N) is 1. The second-order valence-electron chi connectivity index (χ2n) is 7.24. The van der Waals surface area contributed by atoms with Crippen LogP contribution in [0.1, 0.15) is 5.56 Å². The summed E-state index contributed by atoms with van der Waals surface area (Å²) >= 11 is 0. The van der Waals surface area contributed by atoms with E-state index in [1.165, 1.54) is 6.08 Å². The minimum absolute atomic E-state index is 0.150. The van der Waals surface area contributed by atoms with E-state index in [0.29, 0.717) is 36.0 Å². The van der Waals surface area contributed by atoms with Crippen LogP contribution in [0.25, 0.3) is 6.08 Å². The molecule has 34 heavy (non-hydrogen) atoms. The maximum absolute atomic E-state index is 12.9. The number of anilines is 1. The number of hydrogen-bond donors (Lipinski definition) is 1. The third-order valence-corrected chi connectivity index (χ3v) is 4.97. The van der Waals surface area contributed by atoms with Gasteiger partial charge >= 0.3 is 6.03 Å². The van der Waals surface area contributed by atoms with Gasteiger partial charge in [-0.1, -0.05) is 30.3 Å². The van der Waals surface area contributed by atoms with Gasteiger partial charge in [-0.15, -0.1) is 0 Å². The fraction of sp³-hybridized carbons (Fsp3) is 0.115. The number of methoxy groups -OCH3 is 1. The average Bonchev–Trinajstić information content (AvgIpc) is 2.86. The molecule has 1 fully saturated rings. The molecule has 4 rings (SSSR count). The van der Waals surface area contributed by atoms with Crippen LogP contribution in [-0.4, -0.2) is 38.2 Å². The van der Waals surface area contributed by atoms with Crippen LogP contribution in [0.4, 0.5) is 10.5 Å². The predicted octanol–water partition coefficient (Wildman–Crippen LogP) is 3.82. The van der Waals surface area contributed by atoms with Gasteiger partial charge in [0.25, 0.3) is 11.8 Å². The average molecular weight is 458 g/mol. The number of ether oxygens (including phenoxy) is 3. The molecule has 1 aliphatic heterocycles. The number of nitrogens with one attached hydrogen (secondary N) is 1. The highest BCUT2D eigenvalue weighted by Crippen LogP contribution is 2.23. The summed E-state index contributed by atoms with van der Waals surface area (Å²) in [6, 6.07) is 21.8. The second kappa shape index (κ2) is 10.4. The molecule has 8 nitrogen and oxygen atoms in total. The first kappa shape index (κ1) is 22.6. The maximum Gasteiger partial charge on any atom is 0.335 e. The number of para-hydroxylation sites is 1. The molecule has 3 aromatic carbocycles. The van der Waals surface area contributed by atoms with E-state index in [1.54, 1.807) is 73.8 Å². The molecule has 0 aromatic heterocycles. The summed E-state index contributed by atoms with van der Waals surface area (Å²) < 4.78 is 16.5. The third kappa shape index (κ3) is 5.24. The van der Waals surface area contributed by atoms with Crippen LogP contribution in [0.5, 0.6) is 17.2 Å². The molecule has 1 saturated heterocycles. The Morgan fingerprint density at radius 3 is 2.18 bits per heavy atom. The number of amides is 4. The van der Waals surface area contributed by atoms with Crippen molar-refractivity contribution < 1.29 is 28.6 Å². The lowest BCUT2D eigenvalue weighted by Gasteiger charge is -2.26. The Morgan fingerprint density at radius 1 is 0.794 bits per heavy atom. The van der Waals surface area contributed by atoms with Gasteiger partial charge in [0.15, 0.2) is 0 Å². The van der Waals surface area contributed by atoms with Crippen molar-refractivity contribution >= 4 is 29.6 Å². The Bertz CT molecular complexity index is 1220. The van der Waals surface area contributed by atoms with Gasteiger partial charge in [-0.3, -0.25) is 14.9 Å². The van der Waals surface area contributed by atoms with Crippen LogP contribution in [0.3, 0.4) is 0 Å². The number of rotatable bonds is 8. The van der Waals surface area contributed by atoms with E-state index in [-0.39, 0.29) is 5.57 Å². The van der Waals surface area contributed by atoms with E-state index >= 15 is 0 Å². The summed E-state index contributed by atoms with van der Waals surface area (Å²) in [7, 11) is 1.60. The fourth-order valence-corrected chi connectivity index (χ4v) is 3.32. The maximum atomic E-state index is 12.9. The van der Waals surface area contributed by atoms with Crippen molar-refractivity contribution in [3.8, 4) is 17.2 Å². The number of carbonyl (C=O) groups excluding carboxylic acids is 3. The lowest BCUT2D eigenvalue weighted by molar-refractivity contribution is -0.122. The predicted molar refractivity (Wildman–Crippen MR) is 126 cm³/mol. The summed E-state index contributed by atoms with van der Waals surface area (Å²) in [5, 5.41) is 2.21. The Labute approximate surface area is 196 Å². The van der Waals surface area contributed by atoms with Crippen LogP contribution in [-0.2, 0) is 9.59 Å². The van der Waals surface area contributed by atoms with Crippen LogP contribution in [0, 0.1) is 0 Å². The molecular formula is C26H22N2O6. The third-order valence-electron chi connectivity index (χ3n) is 4.97. The molecule has 0 bridgehead atoms. The standard InChI is InChI=1S/C26H22N2O6/c1-32-20-10-12-21(13-11-20)33-14-15-34-22-9-5-6-18(16-22)17-23-24(29)27-26(31)28(25(23)30)19-7-3-2-4-8-19/h2-13,16-17H,14-15H2,1H3,(H,27,29,31)/b23-17-. The van der Waals surface area contributed by atoms with E-state index in [2.05, 4.69) is 5.32 Å². The van der Waals surface area contributed by atoms with Gasteiger partial charge in [0.2, 0.25) is 0 Å². The van der Waals surface area contributed by atoms with Crippen molar-refractivity contribution in [2.45, 2.75) is 0 Å². The molecule has 8 heteroatoms. The molecule has 0 unspecified atom stereocenters. The first-order chi connectivity index (χ1) is 16.5. The van der Waals surface area contributed by atoms with Crippen LogP contribution in [0.2, 0.25) is 0 Å². The van der Waals surface area contributed by atoms with E-state index in [1.807, 2.05) is 12.1 Å². The van der Waals surface area contributed by atoms with Gasteiger partial charge in [-0.25, -0.2) is 9.69 Å². The molecule has 0 saturated carbocycles. The molecule has 4 amide bonds. The Hall–Kier alpha value is -4.59. The van der Waals surface area contributed by atoms with Crippen molar-refractivity contribution in [3.63, 3.8) is 0 Å². The lowest BCUT2D eigenvalue weighted by Crippen LogP contribution is -2.54. The summed E-state index contributed by atoms with van der Waals surface area (Å²) in [5.74, 6) is 0.547. The van der Waals surface area contributed by atoms with Crippen LogP contribution >= 0.6 is 0 Å². The van der Waals surface area contributed by atoms with Gasteiger partial charge in [-0.05, 0) is 60.2 Å². The Balaban J connectivity index is 1.42. The van der Waals surface area contributed by atoms with Crippen LogP contribution in [0.15, 0.2) is 84.4 Å². The molecule has 0 radical (unpaired) electrons. The van der Waals surface area contributed by atoms with Gasteiger partial charge < -0.3 is 14.2 Å². The Morgan fingerprint density at radius 2 is 1.47 bits per heavy atom. The molecule has 0 spiro atoms. The number of benzene rings is 3. The van der Waals surface area contributed by atoms with Gasteiger partial charge in [0, 0.05) is 0 Å². The highest BCUT2D eigenvalue weighted by molar-refractivity contribution is 6.39. The van der Waals surface area contributed by atoms with Crippen molar-refractivity contribution in [1.29, 1.82) is 0 Å². The summed E-state index contributed by atoms with van der Waals surface area (Å²) in [5.41, 5.74) is 0.801. The molecule has 172 valence electrons. The molecule has 3 aromatic rings. The minimum Gasteiger partial charge on any atom is -0.497 e. The zero-order valence-electron chi connectivity index (χ0n) is 18.4. The van der Waals surface area contributed by atoms with Gasteiger partial charge in [0.1, 0.15) is 36.0 Å². The van der Waals surface area contributed by atoms with E-state index in [9.17, 15) is 14.4 Å². The highest BCUT2D eigenvalue weighted by atomic mass is 16.5. The topological polar surface area (TPSA) is 94.2 Å². The van der Waals surface area contributed by atoms with Crippen molar-refractivity contribution in [2.24, 2.45) is 0 Å². The normalized spacial score (nSPS) is 14.7. The number of urea groups is 1. The molecule has 1 heterocycles. The monoisotopic (exact) mass is 458 g/mol. The number of imide groups is 2. The molecule has 0 atom stereocenters. The number of carbonyl (C=O) groups is 3. The van der Waals surface area contributed by atoms with Crippen LogP contribution < -0.4 is 24.4 Å². The van der Waals surface area contributed by atoms with Crippen molar-refractivity contribution in [1.82, 2.24) is 5.32 Å². The first-order valence-corrected chi connectivity index (χ1v) is 10.5. The number of barbiturate groups is 1. The quantitative estimate of drug-likeness (QED) is 0.313. The fourth-order valence-electron chi connectivity index (χ4n) is 3.32. The van der Waals surface area contributed by atoms with E-state index in [4.69, 9.17) is 14.2 Å². The summed E-state index contributed by atoms with van der Waals surface area (Å²) in [4.78, 5) is 38.5. The first-order valence-electron chi connectivity index (χ1n) is 10.5. The zero-order chi connectivity index (χ0) is 23.9. The molecule has 0 aliphatic carbocycles. The minimum atomic E-state index is -0.785. The van der Waals surface area contributed by atoms with E-state index < -0.39 is 17.8 Å². The zero-order valence-corrected chi connectivity index (χ0v) is 18.4. The smallest absolute Gasteiger partial charge is 0.335 e. The molecule has 1 aliphatic rings. The summed E-state index contributed by atoms with van der Waals surface area (Å²) in [6.07, 6.45) is 1.43. The second-order valence-corrected chi connectivity index (χ2v) is 7.24. The van der Waals surface area contributed by atoms with E-state index in [0.717, 1.165) is 10.6 Å². The molecular weight excluding hydrogens is 436 g/mol. The summed E-state index contributed by atoms with van der Waals surface area (Å²) in [6.45, 7) is 0.619. The van der Waals surface area contributed by atoms with Gasteiger partial charge in [0.05, 0.1) is 12.8 Å². The largest absolute Gasteiger partial charge is 0.497 e. The number of hydrogen-bond acceptors (Lipinski definition) is 6. The lowest BCUT2D eigenvalue weighted by atomic mass is 10.1. The SMILES string of the molecule is COc1ccc(OCCOc2cccc(/C=C3/C(=O)NC(=O)N(c4ccccc4)C3=O)c2)cc1. The Kier molecular flexibility index (Phi) is 6.88.